The van der Waals surface area contributed by atoms with E-state index in [4.69, 9.17) is 4.74 Å². The molecule has 0 spiro atoms. The molecule has 2 N–H and O–H groups in total. The van der Waals surface area contributed by atoms with Gasteiger partial charge in [0.25, 0.3) is 15.9 Å². The van der Waals surface area contributed by atoms with Crippen LogP contribution in [0.3, 0.4) is 0 Å². The molecule has 0 fully saturated rings. The fourth-order valence-electron chi connectivity index (χ4n) is 3.13. The van der Waals surface area contributed by atoms with Gasteiger partial charge >= 0.3 is 0 Å². The lowest BCUT2D eigenvalue weighted by Gasteiger charge is -2.18. The van der Waals surface area contributed by atoms with Crippen LogP contribution in [0.2, 0.25) is 0 Å². The SMILES string of the molecule is CCC(Oc1cccc(C)c1)C(=O)Nc1ccc(S(=O)(=O)Nc2ccc(C)c(C)c2)cc1. The normalized spacial score (nSPS) is 12.1. The van der Waals surface area contributed by atoms with Gasteiger partial charge in [0.1, 0.15) is 5.75 Å². The largest absolute Gasteiger partial charge is 0.481 e. The molecule has 0 aliphatic rings. The van der Waals surface area contributed by atoms with Gasteiger partial charge in [-0.25, -0.2) is 8.42 Å². The maximum absolute atomic E-state index is 12.7. The Morgan fingerprint density at radius 1 is 0.906 bits per heavy atom. The Bertz CT molecular complexity index is 1200. The molecule has 0 aliphatic carbocycles. The second-order valence-electron chi connectivity index (χ2n) is 7.75. The topological polar surface area (TPSA) is 84.5 Å². The molecule has 1 unspecified atom stereocenters. The van der Waals surface area contributed by atoms with Gasteiger partial charge in [-0.15, -0.1) is 0 Å². The van der Waals surface area contributed by atoms with Crippen molar-refractivity contribution < 1.29 is 17.9 Å². The fraction of sp³-hybridized carbons (Fsp3) is 0.240. The third-order valence-corrected chi connectivity index (χ3v) is 6.52. The summed E-state index contributed by atoms with van der Waals surface area (Å²) in [6.45, 7) is 7.72. The van der Waals surface area contributed by atoms with Crippen LogP contribution in [0.1, 0.15) is 30.0 Å². The van der Waals surface area contributed by atoms with Crippen LogP contribution in [0.15, 0.2) is 71.6 Å². The van der Waals surface area contributed by atoms with E-state index in [-0.39, 0.29) is 10.8 Å². The first kappa shape index (κ1) is 23.3. The Morgan fingerprint density at radius 2 is 1.59 bits per heavy atom. The quantitative estimate of drug-likeness (QED) is 0.491. The molecule has 0 saturated heterocycles. The highest BCUT2D eigenvalue weighted by Gasteiger charge is 2.19. The molecule has 0 aliphatic heterocycles. The summed E-state index contributed by atoms with van der Waals surface area (Å²) in [7, 11) is -3.74. The Morgan fingerprint density at radius 3 is 2.22 bits per heavy atom. The lowest BCUT2D eigenvalue weighted by atomic mass is 10.1. The minimum absolute atomic E-state index is 0.108. The number of amides is 1. The lowest BCUT2D eigenvalue weighted by Crippen LogP contribution is -2.32. The molecule has 3 aromatic carbocycles. The molecule has 0 aromatic heterocycles. The molecular weight excluding hydrogens is 424 g/mol. The standard InChI is InChI=1S/C25H28N2O4S/c1-5-24(31-22-8-6-7-17(2)15-22)25(28)26-20-11-13-23(14-12-20)32(29,30)27-21-10-9-18(3)19(4)16-21/h6-16,24,27H,5H2,1-4H3,(H,26,28). The minimum Gasteiger partial charge on any atom is -0.481 e. The maximum atomic E-state index is 12.7. The highest BCUT2D eigenvalue weighted by molar-refractivity contribution is 7.92. The van der Waals surface area contributed by atoms with Crippen molar-refractivity contribution >= 4 is 27.3 Å². The Kier molecular flexibility index (Phi) is 7.20. The average Bonchev–Trinajstić information content (AvgIpc) is 2.75. The first-order chi connectivity index (χ1) is 15.2. The highest BCUT2D eigenvalue weighted by Crippen LogP contribution is 2.21. The number of hydrogen-bond acceptors (Lipinski definition) is 4. The van der Waals surface area contributed by atoms with Crippen molar-refractivity contribution in [1.82, 2.24) is 0 Å². The molecule has 6 nitrogen and oxygen atoms in total. The number of nitrogens with one attached hydrogen (secondary N) is 2. The van der Waals surface area contributed by atoms with Gasteiger partial charge < -0.3 is 10.1 Å². The summed E-state index contributed by atoms with van der Waals surface area (Å²) in [4.78, 5) is 12.8. The van der Waals surface area contributed by atoms with E-state index in [9.17, 15) is 13.2 Å². The number of ether oxygens (including phenoxy) is 1. The highest BCUT2D eigenvalue weighted by atomic mass is 32.2. The number of rotatable bonds is 8. The van der Waals surface area contributed by atoms with Crippen LogP contribution in [-0.4, -0.2) is 20.4 Å². The minimum atomic E-state index is -3.74. The maximum Gasteiger partial charge on any atom is 0.265 e. The average molecular weight is 453 g/mol. The van der Waals surface area contributed by atoms with E-state index in [2.05, 4.69) is 10.0 Å². The number of carbonyl (C=O) groups excluding carboxylic acids is 1. The number of hydrogen-bond donors (Lipinski definition) is 2. The first-order valence-corrected chi connectivity index (χ1v) is 11.9. The van der Waals surface area contributed by atoms with Gasteiger partial charge in [0.15, 0.2) is 6.10 Å². The van der Waals surface area contributed by atoms with E-state index >= 15 is 0 Å². The number of anilines is 2. The summed E-state index contributed by atoms with van der Waals surface area (Å²) < 4.78 is 33.8. The van der Waals surface area contributed by atoms with Gasteiger partial charge in [0, 0.05) is 11.4 Å². The van der Waals surface area contributed by atoms with E-state index in [1.807, 2.05) is 58.0 Å². The second kappa shape index (κ2) is 9.87. The fourth-order valence-corrected chi connectivity index (χ4v) is 4.18. The van der Waals surface area contributed by atoms with Crippen molar-refractivity contribution in [2.45, 2.75) is 45.1 Å². The lowest BCUT2D eigenvalue weighted by molar-refractivity contribution is -0.122. The zero-order chi connectivity index (χ0) is 23.3. The van der Waals surface area contributed by atoms with Gasteiger partial charge in [-0.05, 0) is 92.4 Å². The van der Waals surface area contributed by atoms with Crippen molar-refractivity contribution in [3.63, 3.8) is 0 Å². The van der Waals surface area contributed by atoms with E-state index in [1.165, 1.54) is 12.1 Å². The third-order valence-electron chi connectivity index (χ3n) is 5.12. The Labute approximate surface area is 189 Å². The molecule has 7 heteroatoms. The third kappa shape index (κ3) is 5.88. The molecule has 3 aromatic rings. The molecule has 0 radical (unpaired) electrons. The molecule has 0 heterocycles. The van der Waals surface area contributed by atoms with Gasteiger partial charge in [-0.1, -0.05) is 25.1 Å². The van der Waals surface area contributed by atoms with Crippen LogP contribution in [0.5, 0.6) is 5.75 Å². The van der Waals surface area contributed by atoms with Crippen LogP contribution in [0, 0.1) is 20.8 Å². The molecule has 0 bridgehead atoms. The summed E-state index contributed by atoms with van der Waals surface area (Å²) in [6, 6.07) is 19.0. The van der Waals surface area contributed by atoms with Gasteiger partial charge in [-0.2, -0.15) is 0 Å². The first-order valence-electron chi connectivity index (χ1n) is 10.4. The molecular formula is C25H28N2O4S. The smallest absolute Gasteiger partial charge is 0.265 e. The van der Waals surface area contributed by atoms with Crippen LogP contribution in [0.25, 0.3) is 0 Å². The Hall–Kier alpha value is -3.32. The van der Waals surface area contributed by atoms with Gasteiger partial charge in [0.2, 0.25) is 0 Å². The second-order valence-corrected chi connectivity index (χ2v) is 9.43. The zero-order valence-corrected chi connectivity index (χ0v) is 19.5. The summed E-state index contributed by atoms with van der Waals surface area (Å²) in [5.74, 6) is 0.337. The van der Waals surface area contributed by atoms with Gasteiger partial charge in [0.05, 0.1) is 4.90 Å². The van der Waals surface area contributed by atoms with Crippen LogP contribution in [0.4, 0.5) is 11.4 Å². The number of carbonyl (C=O) groups is 1. The molecule has 3 rings (SSSR count). The van der Waals surface area contributed by atoms with E-state index in [0.717, 1.165) is 16.7 Å². The molecule has 168 valence electrons. The number of benzene rings is 3. The van der Waals surface area contributed by atoms with Gasteiger partial charge in [-0.3, -0.25) is 9.52 Å². The Balaban J connectivity index is 1.67. The van der Waals surface area contributed by atoms with Crippen molar-refractivity contribution in [2.75, 3.05) is 10.0 Å². The van der Waals surface area contributed by atoms with Crippen LogP contribution >= 0.6 is 0 Å². The van der Waals surface area contributed by atoms with Crippen LogP contribution < -0.4 is 14.8 Å². The predicted molar refractivity (Wildman–Crippen MR) is 128 cm³/mol. The van der Waals surface area contributed by atoms with E-state index in [1.54, 1.807) is 24.3 Å². The van der Waals surface area contributed by atoms with Crippen LogP contribution in [-0.2, 0) is 14.8 Å². The number of aryl methyl sites for hydroxylation is 3. The molecule has 1 amide bonds. The van der Waals surface area contributed by atoms with Crippen molar-refractivity contribution in [3.8, 4) is 5.75 Å². The van der Waals surface area contributed by atoms with Crippen molar-refractivity contribution in [1.29, 1.82) is 0 Å². The molecule has 0 saturated carbocycles. The monoisotopic (exact) mass is 452 g/mol. The summed E-state index contributed by atoms with van der Waals surface area (Å²) in [5.41, 5.74) is 4.13. The predicted octanol–water partition coefficient (Wildman–Crippen LogP) is 5.21. The summed E-state index contributed by atoms with van der Waals surface area (Å²) >= 11 is 0. The van der Waals surface area contributed by atoms with E-state index in [0.29, 0.717) is 23.5 Å². The van der Waals surface area contributed by atoms with Crippen molar-refractivity contribution in [3.05, 3.63) is 83.4 Å². The summed E-state index contributed by atoms with van der Waals surface area (Å²) in [5, 5.41) is 2.79. The van der Waals surface area contributed by atoms with Crippen molar-refractivity contribution in [2.24, 2.45) is 0 Å². The molecule has 1 atom stereocenters. The number of sulfonamides is 1. The molecule has 32 heavy (non-hydrogen) atoms. The van der Waals surface area contributed by atoms with E-state index < -0.39 is 16.1 Å². The zero-order valence-electron chi connectivity index (χ0n) is 18.7. The summed E-state index contributed by atoms with van der Waals surface area (Å²) in [6.07, 6.45) is -0.168.